The van der Waals surface area contributed by atoms with E-state index >= 15 is 0 Å². The van der Waals surface area contributed by atoms with Crippen LogP contribution in [-0.4, -0.2) is 18.1 Å². The summed E-state index contributed by atoms with van der Waals surface area (Å²) in [5, 5.41) is 1.49. The number of rotatable bonds is 3. The molecule has 0 saturated carbocycles. The quantitative estimate of drug-likeness (QED) is 0.471. The molecular formula is C17H12Cl2N2O2S2. The van der Waals surface area contributed by atoms with Crippen LogP contribution in [0.3, 0.4) is 0 Å². The van der Waals surface area contributed by atoms with Crippen LogP contribution in [-0.2, 0) is 0 Å². The van der Waals surface area contributed by atoms with Gasteiger partial charge in [0, 0.05) is 15.0 Å². The van der Waals surface area contributed by atoms with Crippen molar-refractivity contribution < 1.29 is 9.59 Å². The Hall–Kier alpha value is -1.73. The largest absolute Gasteiger partial charge is 0.281 e. The van der Waals surface area contributed by atoms with Gasteiger partial charge in [-0.1, -0.05) is 41.4 Å². The molecule has 2 amide bonds. The molecule has 0 unspecified atom stereocenters. The molecular weight excluding hydrogens is 399 g/mol. The number of hydrazine groups is 1. The van der Waals surface area contributed by atoms with Crippen LogP contribution in [0, 0.1) is 0 Å². The summed E-state index contributed by atoms with van der Waals surface area (Å²) in [7, 11) is 0. The van der Waals surface area contributed by atoms with Gasteiger partial charge in [0.2, 0.25) is 0 Å². The van der Waals surface area contributed by atoms with Gasteiger partial charge in [-0.25, -0.2) is 0 Å². The summed E-state index contributed by atoms with van der Waals surface area (Å²) in [6, 6.07) is 12.6. The average molecular weight is 411 g/mol. The highest BCUT2D eigenvalue weighted by molar-refractivity contribution is 7.98. The van der Waals surface area contributed by atoms with E-state index in [0.717, 1.165) is 15.0 Å². The molecule has 0 aliphatic carbocycles. The van der Waals surface area contributed by atoms with Crippen molar-refractivity contribution in [3.8, 4) is 0 Å². The van der Waals surface area contributed by atoms with Gasteiger partial charge in [0.15, 0.2) is 0 Å². The van der Waals surface area contributed by atoms with E-state index in [9.17, 15) is 9.59 Å². The predicted octanol–water partition coefficient (Wildman–Crippen LogP) is 5.00. The van der Waals surface area contributed by atoms with Crippen LogP contribution in [0.15, 0.2) is 47.4 Å². The fourth-order valence-corrected chi connectivity index (χ4v) is 4.26. The van der Waals surface area contributed by atoms with Crippen molar-refractivity contribution in [2.45, 2.75) is 4.90 Å². The third-order valence-electron chi connectivity index (χ3n) is 3.45. The monoisotopic (exact) mass is 410 g/mol. The molecule has 0 aliphatic heterocycles. The molecule has 0 atom stereocenters. The van der Waals surface area contributed by atoms with Gasteiger partial charge in [-0.15, -0.1) is 23.1 Å². The number of thiophene rings is 1. The number of carbonyl (C=O) groups excluding carboxylic acids is 2. The molecule has 0 aliphatic rings. The number of carbonyl (C=O) groups is 2. The highest BCUT2D eigenvalue weighted by Gasteiger charge is 2.18. The zero-order chi connectivity index (χ0) is 18.0. The summed E-state index contributed by atoms with van der Waals surface area (Å²) in [4.78, 5) is 25.9. The Kier molecular flexibility index (Phi) is 5.54. The number of nitrogens with one attached hydrogen (secondary N) is 2. The smallest absolute Gasteiger partial charge is 0.267 e. The first kappa shape index (κ1) is 18.1. The van der Waals surface area contributed by atoms with E-state index in [1.54, 1.807) is 12.1 Å². The molecule has 2 N–H and O–H groups in total. The Morgan fingerprint density at radius 2 is 1.76 bits per heavy atom. The number of benzene rings is 2. The fourth-order valence-electron chi connectivity index (χ4n) is 2.20. The number of fused-ring (bicyclic) bond motifs is 1. The Labute approximate surface area is 162 Å². The van der Waals surface area contributed by atoms with Gasteiger partial charge in [0.25, 0.3) is 11.8 Å². The molecule has 3 aromatic rings. The molecule has 0 radical (unpaired) electrons. The number of thioether (sulfide) groups is 1. The van der Waals surface area contributed by atoms with Crippen molar-refractivity contribution in [1.29, 1.82) is 0 Å². The minimum absolute atomic E-state index is 0.288. The standard InChI is InChI=1S/C17H12Cl2N2O2S2/c1-24-9-6-7-12(18)11(8-9)16(22)20-21-17(23)15-14(19)10-4-2-3-5-13(10)25-15/h2-8H,1H3,(H,20,22)(H,21,23). The van der Waals surface area contributed by atoms with Gasteiger partial charge in [-0.3, -0.25) is 20.4 Å². The Bertz CT molecular complexity index is 972. The van der Waals surface area contributed by atoms with Crippen LogP contribution in [0.2, 0.25) is 10.0 Å². The van der Waals surface area contributed by atoms with Gasteiger partial charge in [0.1, 0.15) is 4.88 Å². The second kappa shape index (κ2) is 7.66. The molecule has 8 heteroatoms. The molecule has 0 fully saturated rings. The summed E-state index contributed by atoms with van der Waals surface area (Å²) < 4.78 is 0.902. The highest BCUT2D eigenvalue weighted by atomic mass is 35.5. The topological polar surface area (TPSA) is 58.2 Å². The Morgan fingerprint density at radius 3 is 2.48 bits per heavy atom. The van der Waals surface area contributed by atoms with E-state index in [-0.39, 0.29) is 5.56 Å². The molecule has 3 rings (SSSR count). The maximum atomic E-state index is 12.3. The van der Waals surface area contributed by atoms with E-state index in [2.05, 4.69) is 10.9 Å². The normalized spacial score (nSPS) is 10.7. The maximum Gasteiger partial charge on any atom is 0.281 e. The number of halogens is 2. The summed E-state index contributed by atoms with van der Waals surface area (Å²) in [6.45, 7) is 0. The summed E-state index contributed by atoms with van der Waals surface area (Å²) in [5.74, 6) is -0.969. The number of amides is 2. The molecule has 4 nitrogen and oxygen atoms in total. The number of hydrogen-bond acceptors (Lipinski definition) is 4. The lowest BCUT2D eigenvalue weighted by molar-refractivity contribution is 0.0849. The second-order valence-corrected chi connectivity index (χ2v) is 7.71. The van der Waals surface area contributed by atoms with Gasteiger partial charge in [-0.2, -0.15) is 0 Å². The minimum Gasteiger partial charge on any atom is -0.267 e. The Morgan fingerprint density at radius 1 is 1.04 bits per heavy atom. The van der Waals surface area contributed by atoms with Crippen LogP contribution >= 0.6 is 46.3 Å². The van der Waals surface area contributed by atoms with E-state index in [1.165, 1.54) is 23.1 Å². The van der Waals surface area contributed by atoms with Crippen molar-refractivity contribution in [3.63, 3.8) is 0 Å². The predicted molar refractivity (Wildman–Crippen MR) is 105 cm³/mol. The lowest BCUT2D eigenvalue weighted by Crippen LogP contribution is -2.41. The number of hydrogen-bond donors (Lipinski definition) is 2. The minimum atomic E-state index is -0.494. The first-order valence-electron chi connectivity index (χ1n) is 7.12. The average Bonchev–Trinajstić information content (AvgIpc) is 2.97. The SMILES string of the molecule is CSc1ccc(Cl)c(C(=O)NNC(=O)c2sc3ccccc3c2Cl)c1. The molecule has 25 heavy (non-hydrogen) atoms. The van der Waals surface area contributed by atoms with Gasteiger partial charge >= 0.3 is 0 Å². The van der Waals surface area contributed by atoms with Crippen LogP contribution < -0.4 is 10.9 Å². The van der Waals surface area contributed by atoms with Crippen LogP contribution in [0.1, 0.15) is 20.0 Å². The molecule has 128 valence electrons. The van der Waals surface area contributed by atoms with Crippen LogP contribution in [0.25, 0.3) is 10.1 Å². The lowest BCUT2D eigenvalue weighted by atomic mass is 10.2. The van der Waals surface area contributed by atoms with Crippen molar-refractivity contribution in [2.75, 3.05) is 6.26 Å². The maximum absolute atomic E-state index is 12.3. The second-order valence-electron chi connectivity index (χ2n) is 5.00. The summed E-state index contributed by atoms with van der Waals surface area (Å²) >= 11 is 15.1. The van der Waals surface area contributed by atoms with Crippen molar-refractivity contribution >= 4 is 68.2 Å². The molecule has 0 saturated heterocycles. The molecule has 1 aromatic heterocycles. The van der Waals surface area contributed by atoms with E-state index in [4.69, 9.17) is 23.2 Å². The molecule has 1 heterocycles. The first-order valence-corrected chi connectivity index (χ1v) is 9.92. The van der Waals surface area contributed by atoms with Crippen molar-refractivity contribution in [1.82, 2.24) is 10.9 Å². The third kappa shape index (κ3) is 3.77. The van der Waals surface area contributed by atoms with Crippen molar-refractivity contribution in [3.05, 3.63) is 63.0 Å². The highest BCUT2D eigenvalue weighted by Crippen LogP contribution is 2.34. The van der Waals surface area contributed by atoms with Crippen molar-refractivity contribution in [2.24, 2.45) is 0 Å². The summed E-state index contributed by atoms with van der Waals surface area (Å²) in [6.07, 6.45) is 1.90. The molecule has 0 spiro atoms. The lowest BCUT2D eigenvalue weighted by Gasteiger charge is -2.09. The Balaban J connectivity index is 1.75. The van der Waals surface area contributed by atoms with Gasteiger partial charge in [-0.05, 0) is 30.5 Å². The zero-order valence-corrected chi connectivity index (χ0v) is 16.1. The van der Waals surface area contributed by atoms with Gasteiger partial charge in [0.05, 0.1) is 15.6 Å². The first-order chi connectivity index (χ1) is 12.0. The van der Waals surface area contributed by atoms with Crippen LogP contribution in [0.4, 0.5) is 0 Å². The van der Waals surface area contributed by atoms with Crippen LogP contribution in [0.5, 0.6) is 0 Å². The van der Waals surface area contributed by atoms with E-state index < -0.39 is 11.8 Å². The zero-order valence-electron chi connectivity index (χ0n) is 12.9. The van der Waals surface area contributed by atoms with E-state index in [1.807, 2.05) is 36.6 Å². The molecule has 2 aromatic carbocycles. The van der Waals surface area contributed by atoms with Gasteiger partial charge < -0.3 is 0 Å². The molecule has 0 bridgehead atoms. The van der Waals surface area contributed by atoms with E-state index in [0.29, 0.717) is 14.9 Å². The fraction of sp³-hybridized carbons (Fsp3) is 0.0588. The summed E-state index contributed by atoms with van der Waals surface area (Å²) in [5.41, 5.74) is 5.05. The third-order valence-corrected chi connectivity index (χ3v) is 6.18.